The van der Waals surface area contributed by atoms with E-state index in [0.29, 0.717) is 6.61 Å². The molecular weight excluding hydrogens is 174 g/mol. The van der Waals surface area contributed by atoms with Gasteiger partial charge in [0, 0.05) is 6.61 Å². The van der Waals surface area contributed by atoms with Crippen molar-refractivity contribution >= 4 is 0 Å². The zero-order valence-corrected chi connectivity index (χ0v) is 9.22. The van der Waals surface area contributed by atoms with Crippen molar-refractivity contribution in [1.29, 1.82) is 5.26 Å². The van der Waals surface area contributed by atoms with Crippen LogP contribution in [0.25, 0.3) is 0 Å². The van der Waals surface area contributed by atoms with Crippen molar-refractivity contribution in [2.45, 2.75) is 51.9 Å². The molecule has 0 amide bonds. The highest BCUT2D eigenvalue weighted by atomic mass is 16.5. The molecule has 0 radical (unpaired) electrons. The van der Waals surface area contributed by atoms with E-state index in [9.17, 15) is 5.26 Å². The Hall–Kier alpha value is -0.550. The standard InChI is InChI=1S/C12H21NO/c1-2-14-11-12(10-13)8-6-4-3-5-7-9-12/h2-9,11H2,1H3. The van der Waals surface area contributed by atoms with Crippen LogP contribution in [0, 0.1) is 16.7 Å². The van der Waals surface area contributed by atoms with Crippen molar-refractivity contribution in [2.24, 2.45) is 5.41 Å². The van der Waals surface area contributed by atoms with Crippen LogP contribution in [0.2, 0.25) is 0 Å². The fourth-order valence-corrected chi connectivity index (χ4v) is 2.17. The fraction of sp³-hybridized carbons (Fsp3) is 0.917. The molecule has 0 aromatic carbocycles. The predicted octanol–water partition coefficient (Wildman–Crippen LogP) is 3.28. The first-order valence-electron chi connectivity index (χ1n) is 5.82. The SMILES string of the molecule is CCOCC1(C#N)CCCCCCC1. The lowest BCUT2D eigenvalue weighted by molar-refractivity contribution is 0.0657. The van der Waals surface area contributed by atoms with Gasteiger partial charge in [-0.05, 0) is 19.8 Å². The highest BCUT2D eigenvalue weighted by Crippen LogP contribution is 2.33. The molecule has 0 heterocycles. The Labute approximate surface area is 87.3 Å². The van der Waals surface area contributed by atoms with Crippen LogP contribution in [0.15, 0.2) is 0 Å². The molecule has 2 heteroatoms. The van der Waals surface area contributed by atoms with Crippen LogP contribution < -0.4 is 0 Å². The van der Waals surface area contributed by atoms with Crippen LogP contribution in [-0.2, 0) is 4.74 Å². The number of nitriles is 1. The first-order chi connectivity index (χ1) is 6.83. The molecule has 1 fully saturated rings. The van der Waals surface area contributed by atoms with Gasteiger partial charge in [-0.2, -0.15) is 5.26 Å². The highest BCUT2D eigenvalue weighted by molar-refractivity contribution is 4.99. The van der Waals surface area contributed by atoms with Crippen molar-refractivity contribution in [3.05, 3.63) is 0 Å². The third-order valence-electron chi connectivity index (χ3n) is 3.13. The number of ether oxygens (including phenoxy) is 1. The molecule has 0 aromatic heterocycles. The number of nitrogens with zero attached hydrogens (tertiary/aromatic N) is 1. The van der Waals surface area contributed by atoms with Crippen LogP contribution in [0.4, 0.5) is 0 Å². The molecule has 1 aliphatic carbocycles. The molecule has 1 aliphatic rings. The van der Waals surface area contributed by atoms with Crippen LogP contribution in [-0.4, -0.2) is 13.2 Å². The van der Waals surface area contributed by atoms with Gasteiger partial charge in [0.2, 0.25) is 0 Å². The molecule has 1 saturated carbocycles. The normalized spacial score (nSPS) is 22.0. The second-order valence-electron chi connectivity index (χ2n) is 4.30. The molecule has 1 rings (SSSR count). The molecule has 0 saturated heterocycles. The van der Waals surface area contributed by atoms with E-state index in [-0.39, 0.29) is 5.41 Å². The zero-order chi connectivity index (χ0) is 10.3. The van der Waals surface area contributed by atoms with Gasteiger partial charge in [-0.15, -0.1) is 0 Å². The van der Waals surface area contributed by atoms with Crippen molar-refractivity contribution in [2.75, 3.05) is 13.2 Å². The van der Waals surface area contributed by atoms with Crippen LogP contribution in [0.3, 0.4) is 0 Å². The van der Waals surface area contributed by atoms with Gasteiger partial charge in [-0.25, -0.2) is 0 Å². The first kappa shape index (κ1) is 11.5. The minimum Gasteiger partial charge on any atom is -0.380 e. The molecule has 0 aromatic rings. The summed E-state index contributed by atoms with van der Waals surface area (Å²) in [4.78, 5) is 0. The Bertz CT molecular complexity index is 181. The van der Waals surface area contributed by atoms with Crippen molar-refractivity contribution < 1.29 is 4.74 Å². The summed E-state index contributed by atoms with van der Waals surface area (Å²) >= 11 is 0. The third-order valence-corrected chi connectivity index (χ3v) is 3.13. The van der Waals surface area contributed by atoms with Gasteiger partial charge in [0.1, 0.15) is 0 Å². The summed E-state index contributed by atoms with van der Waals surface area (Å²) < 4.78 is 5.44. The molecule has 0 unspecified atom stereocenters. The molecule has 0 atom stereocenters. The molecule has 14 heavy (non-hydrogen) atoms. The molecule has 80 valence electrons. The van der Waals surface area contributed by atoms with Crippen LogP contribution in [0.5, 0.6) is 0 Å². The van der Waals surface area contributed by atoms with Gasteiger partial charge in [-0.1, -0.05) is 32.1 Å². The summed E-state index contributed by atoms with van der Waals surface area (Å²) in [5, 5.41) is 9.25. The molecule has 2 nitrogen and oxygen atoms in total. The summed E-state index contributed by atoms with van der Waals surface area (Å²) in [6.45, 7) is 3.36. The van der Waals surface area contributed by atoms with E-state index < -0.39 is 0 Å². The van der Waals surface area contributed by atoms with Gasteiger partial charge in [-0.3, -0.25) is 0 Å². The Morgan fingerprint density at radius 2 is 1.71 bits per heavy atom. The number of rotatable bonds is 3. The van der Waals surface area contributed by atoms with E-state index in [1.807, 2.05) is 6.92 Å². The monoisotopic (exact) mass is 195 g/mol. The minimum atomic E-state index is -0.170. The average Bonchev–Trinajstić information content (AvgIpc) is 2.18. The first-order valence-corrected chi connectivity index (χ1v) is 5.82. The zero-order valence-electron chi connectivity index (χ0n) is 9.22. The summed E-state index contributed by atoms with van der Waals surface area (Å²) in [5.41, 5.74) is -0.170. The van der Waals surface area contributed by atoms with Gasteiger partial charge in [0.05, 0.1) is 18.1 Å². The maximum absolute atomic E-state index is 9.25. The predicted molar refractivity (Wildman–Crippen MR) is 56.9 cm³/mol. The fourth-order valence-electron chi connectivity index (χ4n) is 2.17. The van der Waals surface area contributed by atoms with E-state index >= 15 is 0 Å². The number of hydrogen-bond acceptors (Lipinski definition) is 2. The Morgan fingerprint density at radius 3 is 2.21 bits per heavy atom. The molecule has 0 bridgehead atoms. The third kappa shape index (κ3) is 3.31. The largest absolute Gasteiger partial charge is 0.380 e. The van der Waals surface area contributed by atoms with E-state index in [4.69, 9.17) is 4.74 Å². The molecule has 0 aliphatic heterocycles. The molecule has 0 spiro atoms. The quantitative estimate of drug-likeness (QED) is 0.692. The maximum Gasteiger partial charge on any atom is 0.0806 e. The highest BCUT2D eigenvalue weighted by Gasteiger charge is 2.30. The summed E-state index contributed by atoms with van der Waals surface area (Å²) in [5.74, 6) is 0. The van der Waals surface area contributed by atoms with Gasteiger partial charge in [0.25, 0.3) is 0 Å². The second-order valence-corrected chi connectivity index (χ2v) is 4.30. The molecule has 0 N–H and O–H groups in total. The van der Waals surface area contributed by atoms with Crippen molar-refractivity contribution in [3.63, 3.8) is 0 Å². The van der Waals surface area contributed by atoms with Gasteiger partial charge < -0.3 is 4.74 Å². The summed E-state index contributed by atoms with van der Waals surface area (Å²) in [6, 6.07) is 2.50. The maximum atomic E-state index is 9.25. The van der Waals surface area contributed by atoms with E-state index in [2.05, 4.69) is 6.07 Å². The van der Waals surface area contributed by atoms with Gasteiger partial charge >= 0.3 is 0 Å². The lowest BCUT2D eigenvalue weighted by Crippen LogP contribution is -2.26. The molecular formula is C12H21NO. The van der Waals surface area contributed by atoms with E-state index in [0.717, 1.165) is 19.4 Å². The lowest BCUT2D eigenvalue weighted by atomic mass is 9.78. The summed E-state index contributed by atoms with van der Waals surface area (Å²) in [6.07, 6.45) is 8.37. The smallest absolute Gasteiger partial charge is 0.0806 e. The Balaban J connectivity index is 2.50. The number of hydrogen-bond donors (Lipinski definition) is 0. The summed E-state index contributed by atoms with van der Waals surface area (Å²) in [7, 11) is 0. The van der Waals surface area contributed by atoms with Crippen LogP contribution in [0.1, 0.15) is 51.9 Å². The van der Waals surface area contributed by atoms with Crippen LogP contribution >= 0.6 is 0 Å². The van der Waals surface area contributed by atoms with Crippen molar-refractivity contribution in [1.82, 2.24) is 0 Å². The van der Waals surface area contributed by atoms with Gasteiger partial charge in [0.15, 0.2) is 0 Å². The Kier molecular flexibility index (Phi) is 4.97. The average molecular weight is 195 g/mol. The van der Waals surface area contributed by atoms with E-state index in [1.54, 1.807) is 0 Å². The van der Waals surface area contributed by atoms with Crippen molar-refractivity contribution in [3.8, 4) is 6.07 Å². The topological polar surface area (TPSA) is 33.0 Å². The Morgan fingerprint density at radius 1 is 1.14 bits per heavy atom. The minimum absolute atomic E-state index is 0.170. The lowest BCUT2D eigenvalue weighted by Gasteiger charge is -2.28. The van der Waals surface area contributed by atoms with E-state index in [1.165, 1.54) is 32.1 Å². The second kappa shape index (κ2) is 6.03.